The van der Waals surface area contributed by atoms with Crippen LogP contribution in [0, 0.1) is 0 Å². The highest BCUT2D eigenvalue weighted by Crippen LogP contribution is 2.31. The zero-order valence-corrected chi connectivity index (χ0v) is 11.3. The molecule has 0 heterocycles. The summed E-state index contributed by atoms with van der Waals surface area (Å²) in [5.41, 5.74) is -0.778. The quantitative estimate of drug-likeness (QED) is 0.633. The predicted molar refractivity (Wildman–Crippen MR) is 66.0 cm³/mol. The third-order valence-corrected chi connectivity index (χ3v) is 2.52. The lowest BCUT2D eigenvalue weighted by Crippen LogP contribution is -2.41. The van der Waals surface area contributed by atoms with Crippen molar-refractivity contribution in [3.8, 4) is 0 Å². The molecule has 0 saturated heterocycles. The number of alkyl halides is 3. The van der Waals surface area contributed by atoms with E-state index in [1.807, 2.05) is 0 Å². The molecule has 20 heavy (non-hydrogen) atoms. The molecule has 0 saturated carbocycles. The SMILES string of the molecule is COCN(C(=O)N(C)OC)c1cccc(C(F)(F)F)c1. The maximum Gasteiger partial charge on any atom is 0.416 e. The van der Waals surface area contributed by atoms with Crippen molar-refractivity contribution in [3.63, 3.8) is 0 Å². The van der Waals surface area contributed by atoms with Gasteiger partial charge in [-0.2, -0.15) is 13.2 Å². The number of hydrogen-bond donors (Lipinski definition) is 0. The Hall–Kier alpha value is -1.80. The molecule has 0 aliphatic carbocycles. The molecule has 8 heteroatoms. The number of nitrogens with zero attached hydrogens (tertiary/aromatic N) is 2. The molecule has 0 radical (unpaired) electrons. The molecule has 0 fully saturated rings. The third-order valence-electron chi connectivity index (χ3n) is 2.52. The van der Waals surface area contributed by atoms with Crippen LogP contribution in [-0.4, -0.2) is 39.1 Å². The largest absolute Gasteiger partial charge is 0.416 e. The van der Waals surface area contributed by atoms with Crippen molar-refractivity contribution in [2.45, 2.75) is 6.18 Å². The van der Waals surface area contributed by atoms with E-state index in [-0.39, 0.29) is 12.4 Å². The number of halogens is 3. The fourth-order valence-corrected chi connectivity index (χ4v) is 1.47. The number of hydrogen-bond acceptors (Lipinski definition) is 3. The van der Waals surface area contributed by atoms with Crippen molar-refractivity contribution < 1.29 is 27.5 Å². The Morgan fingerprint density at radius 2 is 1.95 bits per heavy atom. The van der Waals surface area contributed by atoms with Crippen LogP contribution in [0.5, 0.6) is 0 Å². The lowest BCUT2D eigenvalue weighted by Gasteiger charge is -2.26. The van der Waals surface area contributed by atoms with E-state index in [9.17, 15) is 18.0 Å². The average molecular weight is 292 g/mol. The van der Waals surface area contributed by atoms with Crippen LogP contribution < -0.4 is 4.90 Å². The lowest BCUT2D eigenvalue weighted by atomic mass is 10.2. The van der Waals surface area contributed by atoms with Gasteiger partial charge in [-0.3, -0.25) is 9.74 Å². The molecular formula is C12H15F3N2O3. The van der Waals surface area contributed by atoms with E-state index in [4.69, 9.17) is 9.57 Å². The van der Waals surface area contributed by atoms with Gasteiger partial charge in [0.05, 0.1) is 12.7 Å². The number of benzene rings is 1. The number of hydroxylamine groups is 2. The second-order valence-corrected chi connectivity index (χ2v) is 3.86. The molecule has 5 nitrogen and oxygen atoms in total. The van der Waals surface area contributed by atoms with E-state index in [1.165, 1.54) is 33.4 Å². The second kappa shape index (κ2) is 6.58. The van der Waals surface area contributed by atoms with Crippen LogP contribution in [0.15, 0.2) is 24.3 Å². The molecule has 1 aromatic carbocycles. The monoisotopic (exact) mass is 292 g/mol. The van der Waals surface area contributed by atoms with Crippen LogP contribution in [0.2, 0.25) is 0 Å². The highest BCUT2D eigenvalue weighted by Gasteiger charge is 2.31. The first-order chi connectivity index (χ1) is 9.31. The summed E-state index contributed by atoms with van der Waals surface area (Å²) in [5.74, 6) is 0. The minimum Gasteiger partial charge on any atom is -0.364 e. The van der Waals surface area contributed by atoms with E-state index >= 15 is 0 Å². The number of amides is 2. The first-order valence-electron chi connectivity index (χ1n) is 5.56. The highest BCUT2D eigenvalue weighted by atomic mass is 19.4. The molecule has 112 valence electrons. The number of ether oxygens (including phenoxy) is 1. The van der Waals surface area contributed by atoms with E-state index in [0.29, 0.717) is 0 Å². The number of urea groups is 1. The summed E-state index contributed by atoms with van der Waals surface area (Å²) in [6.45, 7) is -0.201. The van der Waals surface area contributed by atoms with Crippen LogP contribution >= 0.6 is 0 Å². The summed E-state index contributed by atoms with van der Waals surface area (Å²) >= 11 is 0. The molecule has 2 amide bonds. The molecule has 0 N–H and O–H groups in total. The van der Waals surface area contributed by atoms with Gasteiger partial charge in [-0.1, -0.05) is 6.07 Å². The molecule has 0 bridgehead atoms. The van der Waals surface area contributed by atoms with E-state index < -0.39 is 17.8 Å². The average Bonchev–Trinajstić information content (AvgIpc) is 2.42. The fraction of sp³-hybridized carbons (Fsp3) is 0.417. The van der Waals surface area contributed by atoms with Crippen LogP contribution in [0.25, 0.3) is 0 Å². The number of methoxy groups -OCH3 is 1. The van der Waals surface area contributed by atoms with Gasteiger partial charge in [-0.15, -0.1) is 0 Å². The Morgan fingerprint density at radius 1 is 1.30 bits per heavy atom. The zero-order chi connectivity index (χ0) is 15.3. The van der Waals surface area contributed by atoms with Crippen molar-refractivity contribution in [2.24, 2.45) is 0 Å². The first-order valence-corrected chi connectivity index (χ1v) is 5.56. The minimum atomic E-state index is -4.48. The van der Waals surface area contributed by atoms with Crippen molar-refractivity contribution in [1.29, 1.82) is 0 Å². The highest BCUT2D eigenvalue weighted by molar-refractivity contribution is 5.91. The van der Waals surface area contributed by atoms with Gasteiger partial charge in [0.25, 0.3) is 0 Å². The smallest absolute Gasteiger partial charge is 0.364 e. The van der Waals surface area contributed by atoms with Gasteiger partial charge in [0, 0.05) is 19.8 Å². The first kappa shape index (κ1) is 16.3. The van der Waals surface area contributed by atoms with Crippen LogP contribution in [0.1, 0.15) is 5.56 Å². The fourth-order valence-electron chi connectivity index (χ4n) is 1.47. The number of carbonyl (C=O) groups excluding carboxylic acids is 1. The lowest BCUT2D eigenvalue weighted by molar-refractivity contribution is -0.137. The molecule has 0 unspecified atom stereocenters. The maximum absolute atomic E-state index is 12.7. The number of carbonyl (C=O) groups is 1. The minimum absolute atomic E-state index is 0.0653. The summed E-state index contributed by atoms with van der Waals surface area (Å²) in [6, 6.07) is 3.77. The summed E-state index contributed by atoms with van der Waals surface area (Å²) in [4.78, 5) is 17.7. The Bertz CT molecular complexity index is 466. The molecule has 0 aliphatic heterocycles. The van der Waals surface area contributed by atoms with Crippen LogP contribution in [0.4, 0.5) is 23.7 Å². The van der Waals surface area contributed by atoms with Crippen molar-refractivity contribution in [1.82, 2.24) is 5.06 Å². The van der Waals surface area contributed by atoms with Gasteiger partial charge < -0.3 is 4.74 Å². The molecule has 0 aliphatic rings. The van der Waals surface area contributed by atoms with Gasteiger partial charge in [-0.05, 0) is 18.2 Å². The Kier molecular flexibility index (Phi) is 5.34. The summed E-state index contributed by atoms with van der Waals surface area (Å²) in [6.07, 6.45) is -4.48. The normalized spacial score (nSPS) is 11.3. The Labute approximate surface area is 114 Å². The molecular weight excluding hydrogens is 277 g/mol. The number of rotatable bonds is 4. The number of anilines is 1. The van der Waals surface area contributed by atoms with Crippen molar-refractivity contribution >= 4 is 11.7 Å². The van der Waals surface area contributed by atoms with Gasteiger partial charge in [0.1, 0.15) is 6.73 Å². The second-order valence-electron chi connectivity index (χ2n) is 3.86. The molecule has 1 rings (SSSR count). The van der Waals surface area contributed by atoms with Crippen molar-refractivity contribution in [3.05, 3.63) is 29.8 Å². The topological polar surface area (TPSA) is 42.0 Å². The van der Waals surface area contributed by atoms with Gasteiger partial charge in [0.2, 0.25) is 0 Å². The maximum atomic E-state index is 12.7. The molecule has 0 spiro atoms. The third kappa shape index (κ3) is 3.84. The summed E-state index contributed by atoms with van der Waals surface area (Å²) in [5, 5.41) is 0.888. The van der Waals surface area contributed by atoms with Gasteiger partial charge in [-0.25, -0.2) is 9.86 Å². The molecule has 1 aromatic rings. The van der Waals surface area contributed by atoms with E-state index in [2.05, 4.69) is 0 Å². The molecule has 0 atom stereocenters. The van der Waals surface area contributed by atoms with Gasteiger partial charge in [0.15, 0.2) is 0 Å². The summed E-state index contributed by atoms with van der Waals surface area (Å²) in [7, 11) is 3.95. The molecule has 0 aromatic heterocycles. The van der Waals surface area contributed by atoms with E-state index in [1.54, 1.807) is 0 Å². The zero-order valence-electron chi connectivity index (χ0n) is 11.3. The van der Waals surface area contributed by atoms with E-state index in [0.717, 1.165) is 22.1 Å². The Morgan fingerprint density at radius 3 is 2.45 bits per heavy atom. The predicted octanol–water partition coefficient (Wildman–Crippen LogP) is 2.73. The van der Waals surface area contributed by atoms with Crippen LogP contribution in [0.3, 0.4) is 0 Å². The van der Waals surface area contributed by atoms with Crippen LogP contribution in [-0.2, 0) is 15.8 Å². The standard InChI is InChI=1S/C12H15F3N2O3/c1-16(20-3)11(18)17(8-19-2)10-6-4-5-9(7-10)12(13,14)15/h4-7H,8H2,1-3H3. The summed E-state index contributed by atoms with van der Waals surface area (Å²) < 4.78 is 42.9. The van der Waals surface area contributed by atoms with Gasteiger partial charge >= 0.3 is 12.2 Å². The Balaban J connectivity index is 3.12. The van der Waals surface area contributed by atoms with Crippen molar-refractivity contribution in [2.75, 3.05) is 32.9 Å².